The summed E-state index contributed by atoms with van der Waals surface area (Å²) < 4.78 is 182. The SMILES string of the molecule is [2H]c1c([2H])c([2H])c2c(c1[2H])Oc1c([2H])c([2H])c(-c3c([2H])c([2H])c([2H])c([2H])c3-c3cccc4c3sc3ccccc34)c([2H])c1C21c2c([2H])c([2H])c([2H])c([2H])c2-c2c([2H])c([2H])c([2H])c([2H])c21. The lowest BCUT2D eigenvalue weighted by Gasteiger charge is -2.39. The van der Waals surface area contributed by atoms with Crippen LogP contribution in [-0.2, 0) is 5.41 Å². The van der Waals surface area contributed by atoms with Gasteiger partial charge in [0.2, 0.25) is 0 Å². The lowest BCUT2D eigenvalue weighted by Crippen LogP contribution is -2.32. The second-order valence-corrected chi connectivity index (χ2v) is 11.6. The van der Waals surface area contributed by atoms with Gasteiger partial charge in [-0.2, -0.15) is 0 Å². The van der Waals surface area contributed by atoms with Gasteiger partial charge in [-0.15, -0.1) is 11.3 Å². The average molecular weight is 610 g/mol. The summed E-state index contributed by atoms with van der Waals surface area (Å²) in [6.45, 7) is 0. The van der Waals surface area contributed by atoms with E-state index in [0.717, 1.165) is 15.5 Å². The summed E-state index contributed by atoms with van der Waals surface area (Å²) in [5.41, 5.74) is -6.88. The van der Waals surface area contributed by atoms with Crippen molar-refractivity contribution in [1.29, 1.82) is 0 Å². The molecule has 2 aliphatic rings. The lowest BCUT2D eigenvalue weighted by molar-refractivity contribution is 0.436. The summed E-state index contributed by atoms with van der Waals surface area (Å²) >= 11 is 1.34. The van der Waals surface area contributed by atoms with Gasteiger partial charge >= 0.3 is 0 Å². The maximum absolute atomic E-state index is 10.3. The van der Waals surface area contributed by atoms with Gasteiger partial charge in [0.15, 0.2) is 0 Å². The van der Waals surface area contributed by atoms with E-state index in [1.54, 1.807) is 12.1 Å². The smallest absolute Gasteiger partial charge is 0.132 e. The van der Waals surface area contributed by atoms with E-state index in [-0.39, 0.29) is 11.1 Å². The number of hydrogen-bond acceptors (Lipinski definition) is 2. The highest BCUT2D eigenvalue weighted by Crippen LogP contribution is 2.62. The Bertz CT molecular complexity index is 3470. The molecule has 0 amide bonds. The van der Waals surface area contributed by atoms with E-state index < -0.39 is 176 Å². The van der Waals surface area contributed by atoms with Crippen LogP contribution in [0.1, 0.15) is 48.3 Å². The van der Waals surface area contributed by atoms with E-state index in [9.17, 15) is 13.7 Å². The molecule has 45 heavy (non-hydrogen) atoms. The first-order chi connectivity index (χ1) is 30.2. The van der Waals surface area contributed by atoms with Crippen molar-refractivity contribution in [3.05, 3.63) is 180 Å². The molecular weight excluding hydrogens is 565 g/mol. The summed E-state index contributed by atoms with van der Waals surface area (Å²) in [5.74, 6) is -1.42. The zero-order valence-corrected chi connectivity index (χ0v) is 23.7. The van der Waals surface area contributed by atoms with Crippen LogP contribution in [-0.4, -0.2) is 0 Å². The summed E-state index contributed by atoms with van der Waals surface area (Å²) in [6, 6.07) is -2.63. The molecule has 1 aromatic heterocycles. The Kier molecular flexibility index (Phi) is 2.66. The minimum atomic E-state index is -2.75. The summed E-state index contributed by atoms with van der Waals surface area (Å²) in [4.78, 5) is 0. The van der Waals surface area contributed by atoms with Crippen LogP contribution in [0.2, 0.25) is 0 Å². The van der Waals surface area contributed by atoms with Crippen LogP contribution in [0.15, 0.2) is 157 Å². The van der Waals surface area contributed by atoms with Crippen LogP contribution in [0.3, 0.4) is 0 Å². The number of benzene rings is 7. The van der Waals surface area contributed by atoms with Crippen molar-refractivity contribution in [1.82, 2.24) is 0 Å². The van der Waals surface area contributed by atoms with Crippen molar-refractivity contribution in [3.63, 3.8) is 0 Å². The molecule has 1 aliphatic heterocycles. The van der Waals surface area contributed by atoms with Gasteiger partial charge in [0.1, 0.15) is 11.5 Å². The molecule has 1 nitrogen and oxygen atoms in total. The number of ether oxygens (including phenoxy) is 1. The molecule has 0 atom stereocenters. The quantitative estimate of drug-likeness (QED) is 0.189. The Morgan fingerprint density at radius 2 is 1.11 bits per heavy atom. The van der Waals surface area contributed by atoms with Crippen LogP contribution in [0, 0.1) is 0 Å². The largest absolute Gasteiger partial charge is 0.457 e. The van der Waals surface area contributed by atoms with Gasteiger partial charge in [-0.25, -0.2) is 0 Å². The molecule has 1 spiro atoms. The van der Waals surface area contributed by atoms with Crippen LogP contribution in [0.5, 0.6) is 11.5 Å². The maximum atomic E-state index is 10.3. The monoisotopic (exact) mass is 609 g/mol. The summed E-state index contributed by atoms with van der Waals surface area (Å²) in [5, 5.41) is 1.59. The Labute approximate surface area is 292 Å². The fourth-order valence-electron chi connectivity index (χ4n) is 6.56. The van der Waals surface area contributed by atoms with Crippen molar-refractivity contribution < 1.29 is 30.8 Å². The van der Waals surface area contributed by atoms with Gasteiger partial charge in [0.05, 0.1) is 31.5 Å². The van der Waals surface area contributed by atoms with Crippen molar-refractivity contribution >= 4 is 31.5 Å². The van der Waals surface area contributed by atoms with E-state index in [4.69, 9.17) is 17.1 Å². The third-order valence-electron chi connectivity index (χ3n) is 8.37. The molecule has 0 unspecified atom stereocenters. The highest BCUT2D eigenvalue weighted by Gasteiger charge is 2.51. The Hall–Kier alpha value is -5.44. The highest BCUT2D eigenvalue weighted by molar-refractivity contribution is 7.26. The topological polar surface area (TPSA) is 9.23 Å². The molecule has 0 bridgehead atoms. The van der Waals surface area contributed by atoms with Gasteiger partial charge in [0, 0.05) is 36.9 Å². The maximum Gasteiger partial charge on any atom is 0.132 e. The first kappa shape index (κ1) is 12.9. The number of fused-ring (bicyclic) bond motifs is 12. The van der Waals surface area contributed by atoms with Gasteiger partial charge < -0.3 is 4.74 Å². The molecule has 10 rings (SSSR count). The molecule has 0 saturated carbocycles. The fourth-order valence-corrected chi connectivity index (χ4v) is 7.79. The number of rotatable bonds is 2. The molecule has 7 aromatic carbocycles. The molecule has 0 saturated heterocycles. The predicted octanol–water partition coefficient (Wildman–Crippen LogP) is 11.9. The Morgan fingerprint density at radius 1 is 0.489 bits per heavy atom. The normalized spacial score (nSPS) is 19.6. The molecule has 2 heterocycles. The summed E-state index contributed by atoms with van der Waals surface area (Å²) in [6.07, 6.45) is 0. The zero-order valence-electron chi connectivity index (χ0n) is 41.9. The predicted molar refractivity (Wildman–Crippen MR) is 188 cm³/mol. The van der Waals surface area contributed by atoms with E-state index in [2.05, 4.69) is 0 Å². The van der Waals surface area contributed by atoms with E-state index >= 15 is 0 Å². The van der Waals surface area contributed by atoms with Crippen LogP contribution in [0.25, 0.3) is 53.6 Å². The molecule has 8 aromatic rings. The Balaban J connectivity index is 1.48. The van der Waals surface area contributed by atoms with Crippen LogP contribution < -0.4 is 4.74 Å². The minimum absolute atomic E-state index is 0.159. The first-order valence-corrected chi connectivity index (χ1v) is 14.7. The number of para-hydroxylation sites is 1. The first-order valence-electron chi connectivity index (χ1n) is 23.4. The fraction of sp³-hybridized carbons (Fsp3) is 0.0233. The van der Waals surface area contributed by atoms with Gasteiger partial charge in [0.25, 0.3) is 0 Å². The molecule has 0 fully saturated rings. The lowest BCUT2D eigenvalue weighted by atomic mass is 9.65. The molecule has 210 valence electrons. The molecule has 1 aliphatic carbocycles. The third kappa shape index (κ3) is 3.32. The van der Waals surface area contributed by atoms with Crippen LogP contribution in [0.4, 0.5) is 0 Å². The van der Waals surface area contributed by atoms with Gasteiger partial charge in [-0.05, 0) is 63.1 Å². The second kappa shape index (κ2) is 9.28. The van der Waals surface area contributed by atoms with Gasteiger partial charge in [-0.3, -0.25) is 0 Å². The molecule has 2 heteroatoms. The highest BCUT2D eigenvalue weighted by atomic mass is 32.1. The standard InChI is InChI=1S/C43H26OS/c1-2-13-29(33-17-11-18-34-32-16-5-10-23-41(32)45-42(33)34)28(12-1)27-24-25-40-38(26-27)43(37-21-8-9-22-39(37)44-40)35-19-6-3-14-30(35)31-15-4-7-20-36(31)43/h1-26H/i1D,2D,3D,4D,6D,7D,8D,9D,12D,13D,14D,15D,19D,20D,21D,22D,24D,25D,26D. The van der Waals surface area contributed by atoms with Crippen molar-refractivity contribution in [3.8, 4) is 44.9 Å². The third-order valence-corrected chi connectivity index (χ3v) is 9.59. The van der Waals surface area contributed by atoms with Crippen LogP contribution >= 0.6 is 11.3 Å². The zero-order chi connectivity index (χ0) is 46.1. The average Bonchev–Trinajstić information content (AvgIpc) is 3.82. The molecular formula is C43H26OS. The van der Waals surface area contributed by atoms with E-state index in [1.165, 1.54) is 11.3 Å². The molecule has 0 radical (unpaired) electrons. The second-order valence-electron chi connectivity index (χ2n) is 10.5. The number of thiophene rings is 1. The summed E-state index contributed by atoms with van der Waals surface area (Å²) in [7, 11) is 0. The number of hydrogen-bond donors (Lipinski definition) is 0. The van der Waals surface area contributed by atoms with Crippen molar-refractivity contribution in [2.45, 2.75) is 5.41 Å². The van der Waals surface area contributed by atoms with Gasteiger partial charge in [-0.1, -0.05) is 133 Å². The Morgan fingerprint density at radius 3 is 1.91 bits per heavy atom. The van der Waals surface area contributed by atoms with E-state index in [1.807, 2.05) is 30.3 Å². The molecule has 0 N–H and O–H groups in total. The van der Waals surface area contributed by atoms with E-state index in [0.29, 0.717) is 4.70 Å². The van der Waals surface area contributed by atoms with Crippen molar-refractivity contribution in [2.75, 3.05) is 0 Å². The van der Waals surface area contributed by atoms with Crippen molar-refractivity contribution in [2.24, 2.45) is 0 Å². The minimum Gasteiger partial charge on any atom is -0.457 e.